The van der Waals surface area contributed by atoms with E-state index in [9.17, 15) is 0 Å². The Labute approximate surface area is 69.4 Å². The summed E-state index contributed by atoms with van der Waals surface area (Å²) in [6.07, 6.45) is 6.22. The zero-order valence-corrected chi connectivity index (χ0v) is 7.71. The lowest BCUT2D eigenvalue weighted by Crippen LogP contribution is -2.23. The van der Waals surface area contributed by atoms with Gasteiger partial charge in [0.15, 0.2) is 0 Å². The molecule has 0 aromatic heterocycles. The van der Waals surface area contributed by atoms with Crippen LogP contribution in [0.1, 0.15) is 27.2 Å². The van der Waals surface area contributed by atoms with Crippen LogP contribution in [-0.2, 0) is 4.74 Å². The molecular weight excluding hydrogens is 136 g/mol. The molecule has 3 atom stereocenters. The van der Waals surface area contributed by atoms with E-state index in [1.165, 1.54) is 6.42 Å². The van der Waals surface area contributed by atoms with Crippen LogP contribution >= 0.6 is 0 Å². The lowest BCUT2D eigenvalue weighted by Gasteiger charge is -2.21. The van der Waals surface area contributed by atoms with Crippen molar-refractivity contribution in [1.29, 1.82) is 0 Å². The van der Waals surface area contributed by atoms with E-state index < -0.39 is 0 Å². The van der Waals surface area contributed by atoms with Crippen LogP contribution in [0.2, 0.25) is 0 Å². The number of rotatable bonds is 3. The van der Waals surface area contributed by atoms with Gasteiger partial charge in [0.25, 0.3) is 0 Å². The van der Waals surface area contributed by atoms with E-state index in [2.05, 4.69) is 32.9 Å². The first-order valence-electron chi connectivity index (χ1n) is 4.59. The summed E-state index contributed by atoms with van der Waals surface area (Å²) < 4.78 is 5.66. The number of ether oxygens (including phenoxy) is 1. The standard InChI is InChI=1S/C10H18O/c1-4-9-7-6-8(3)10(9)11-5-2/h6-10H,4-5H2,1-3H3/t8-,9-,10?/m0/s1. The summed E-state index contributed by atoms with van der Waals surface area (Å²) in [5.74, 6) is 1.27. The van der Waals surface area contributed by atoms with E-state index in [0.29, 0.717) is 17.9 Å². The van der Waals surface area contributed by atoms with Crippen molar-refractivity contribution in [3.8, 4) is 0 Å². The van der Waals surface area contributed by atoms with Gasteiger partial charge in [-0.05, 0) is 13.3 Å². The Morgan fingerprint density at radius 1 is 1.27 bits per heavy atom. The minimum atomic E-state index is 0.449. The molecule has 0 saturated heterocycles. The van der Waals surface area contributed by atoms with Gasteiger partial charge in [-0.1, -0.05) is 26.0 Å². The van der Waals surface area contributed by atoms with Gasteiger partial charge in [-0.15, -0.1) is 0 Å². The maximum atomic E-state index is 5.66. The second-order valence-electron chi connectivity index (χ2n) is 3.24. The quantitative estimate of drug-likeness (QED) is 0.568. The van der Waals surface area contributed by atoms with Crippen molar-refractivity contribution >= 4 is 0 Å². The lowest BCUT2D eigenvalue weighted by molar-refractivity contribution is 0.0176. The third-order valence-electron chi connectivity index (χ3n) is 2.43. The van der Waals surface area contributed by atoms with Crippen molar-refractivity contribution in [2.75, 3.05) is 6.61 Å². The van der Waals surface area contributed by atoms with Gasteiger partial charge >= 0.3 is 0 Å². The SMILES string of the molecule is CCOC1[C@@H](CC)C=C[C@@H]1C. The molecule has 1 unspecified atom stereocenters. The molecule has 1 nitrogen and oxygen atoms in total. The maximum Gasteiger partial charge on any atom is 0.0697 e. The fraction of sp³-hybridized carbons (Fsp3) is 0.800. The zero-order valence-electron chi connectivity index (χ0n) is 7.71. The first-order chi connectivity index (χ1) is 5.29. The number of hydrogen-bond acceptors (Lipinski definition) is 1. The molecule has 0 amide bonds. The van der Waals surface area contributed by atoms with Gasteiger partial charge in [-0.2, -0.15) is 0 Å². The average molecular weight is 154 g/mol. The summed E-state index contributed by atoms with van der Waals surface area (Å²) >= 11 is 0. The van der Waals surface area contributed by atoms with E-state index in [1.54, 1.807) is 0 Å². The number of hydrogen-bond donors (Lipinski definition) is 0. The molecule has 64 valence electrons. The summed E-state index contributed by atoms with van der Waals surface area (Å²) in [4.78, 5) is 0. The second-order valence-corrected chi connectivity index (χ2v) is 3.24. The summed E-state index contributed by atoms with van der Waals surface area (Å²) in [5.41, 5.74) is 0. The van der Waals surface area contributed by atoms with Gasteiger partial charge in [-0.3, -0.25) is 0 Å². The monoisotopic (exact) mass is 154 g/mol. The predicted molar refractivity (Wildman–Crippen MR) is 47.5 cm³/mol. The van der Waals surface area contributed by atoms with Crippen LogP contribution in [0.5, 0.6) is 0 Å². The molecule has 1 heteroatoms. The third kappa shape index (κ3) is 1.84. The average Bonchev–Trinajstić information content (AvgIpc) is 2.34. The molecule has 0 aromatic carbocycles. The smallest absolute Gasteiger partial charge is 0.0697 e. The Morgan fingerprint density at radius 2 is 2.00 bits per heavy atom. The summed E-state index contributed by atoms with van der Waals surface area (Å²) in [6, 6.07) is 0. The largest absolute Gasteiger partial charge is 0.377 e. The van der Waals surface area contributed by atoms with Crippen LogP contribution in [0, 0.1) is 11.8 Å². The summed E-state index contributed by atoms with van der Waals surface area (Å²) in [7, 11) is 0. The van der Waals surface area contributed by atoms with Crippen molar-refractivity contribution in [1.82, 2.24) is 0 Å². The molecule has 0 radical (unpaired) electrons. The molecule has 0 spiro atoms. The predicted octanol–water partition coefficient (Wildman–Crippen LogP) is 2.62. The molecule has 0 aromatic rings. The molecule has 11 heavy (non-hydrogen) atoms. The van der Waals surface area contributed by atoms with Crippen molar-refractivity contribution in [3.63, 3.8) is 0 Å². The molecule has 0 saturated carbocycles. The van der Waals surface area contributed by atoms with Crippen LogP contribution in [0.25, 0.3) is 0 Å². The second kappa shape index (κ2) is 3.91. The van der Waals surface area contributed by atoms with Crippen LogP contribution in [0.15, 0.2) is 12.2 Å². The Bertz CT molecular complexity index is 140. The van der Waals surface area contributed by atoms with E-state index in [4.69, 9.17) is 4.74 Å². The van der Waals surface area contributed by atoms with Crippen LogP contribution in [0.4, 0.5) is 0 Å². The molecule has 0 aliphatic heterocycles. The molecule has 1 rings (SSSR count). The van der Waals surface area contributed by atoms with E-state index in [-0.39, 0.29) is 0 Å². The van der Waals surface area contributed by atoms with Crippen molar-refractivity contribution in [2.45, 2.75) is 33.3 Å². The van der Waals surface area contributed by atoms with Crippen molar-refractivity contribution in [3.05, 3.63) is 12.2 Å². The lowest BCUT2D eigenvalue weighted by atomic mass is 9.98. The molecule has 0 N–H and O–H groups in total. The molecule has 0 bridgehead atoms. The van der Waals surface area contributed by atoms with Gasteiger partial charge < -0.3 is 4.74 Å². The molecule has 1 aliphatic rings. The van der Waals surface area contributed by atoms with Gasteiger partial charge in [0.05, 0.1) is 6.10 Å². The van der Waals surface area contributed by atoms with Gasteiger partial charge in [0.2, 0.25) is 0 Å². The van der Waals surface area contributed by atoms with Crippen LogP contribution in [0.3, 0.4) is 0 Å². The first kappa shape index (κ1) is 8.79. The van der Waals surface area contributed by atoms with E-state index in [0.717, 1.165) is 6.61 Å². The Balaban J connectivity index is 2.47. The fourth-order valence-corrected chi connectivity index (χ4v) is 1.76. The van der Waals surface area contributed by atoms with Crippen LogP contribution < -0.4 is 0 Å². The molecule has 0 heterocycles. The highest BCUT2D eigenvalue weighted by molar-refractivity contribution is 5.06. The molecule has 0 fully saturated rings. The molecule has 1 aliphatic carbocycles. The normalized spacial score (nSPS) is 36.5. The minimum Gasteiger partial charge on any atom is -0.377 e. The third-order valence-corrected chi connectivity index (χ3v) is 2.43. The van der Waals surface area contributed by atoms with Gasteiger partial charge in [0, 0.05) is 18.4 Å². The summed E-state index contributed by atoms with van der Waals surface area (Å²) in [6.45, 7) is 7.36. The zero-order chi connectivity index (χ0) is 8.27. The topological polar surface area (TPSA) is 9.23 Å². The maximum absolute atomic E-state index is 5.66. The van der Waals surface area contributed by atoms with Gasteiger partial charge in [-0.25, -0.2) is 0 Å². The van der Waals surface area contributed by atoms with Crippen molar-refractivity contribution in [2.24, 2.45) is 11.8 Å². The highest BCUT2D eigenvalue weighted by atomic mass is 16.5. The highest BCUT2D eigenvalue weighted by Gasteiger charge is 2.27. The van der Waals surface area contributed by atoms with E-state index in [1.807, 2.05) is 0 Å². The summed E-state index contributed by atoms with van der Waals surface area (Å²) in [5, 5.41) is 0. The van der Waals surface area contributed by atoms with Crippen molar-refractivity contribution < 1.29 is 4.74 Å². The van der Waals surface area contributed by atoms with E-state index >= 15 is 0 Å². The Kier molecular flexibility index (Phi) is 3.13. The molecular formula is C10H18O. The highest BCUT2D eigenvalue weighted by Crippen LogP contribution is 2.28. The fourth-order valence-electron chi connectivity index (χ4n) is 1.76. The van der Waals surface area contributed by atoms with Gasteiger partial charge in [0.1, 0.15) is 0 Å². The first-order valence-corrected chi connectivity index (χ1v) is 4.59. The van der Waals surface area contributed by atoms with Crippen LogP contribution in [-0.4, -0.2) is 12.7 Å². The Hall–Kier alpha value is -0.300. The Morgan fingerprint density at radius 3 is 2.55 bits per heavy atom. The minimum absolute atomic E-state index is 0.449.